The SMILES string of the molecule is Cc1cc2n(n1)CC(=O)Nc1cc(Cl)ccc1-2. The lowest BCUT2D eigenvalue weighted by molar-refractivity contribution is -0.116. The molecule has 0 bridgehead atoms. The van der Waals surface area contributed by atoms with Crippen molar-refractivity contribution in [3.8, 4) is 11.3 Å². The zero-order valence-electron chi connectivity index (χ0n) is 9.20. The average Bonchev–Trinajstić information content (AvgIpc) is 2.53. The maximum Gasteiger partial charge on any atom is 0.246 e. The Morgan fingerprint density at radius 2 is 2.24 bits per heavy atom. The fourth-order valence-corrected chi connectivity index (χ4v) is 2.22. The number of nitrogens with zero attached hydrogens (tertiary/aromatic N) is 2. The van der Waals surface area contributed by atoms with Gasteiger partial charge < -0.3 is 5.32 Å². The molecule has 1 amide bonds. The third-order valence-corrected chi connectivity index (χ3v) is 2.96. The van der Waals surface area contributed by atoms with Gasteiger partial charge in [-0.15, -0.1) is 0 Å². The normalized spacial score (nSPS) is 13.6. The molecule has 3 rings (SSSR count). The number of carbonyl (C=O) groups is 1. The molecule has 1 aromatic heterocycles. The Morgan fingerprint density at radius 3 is 3.06 bits per heavy atom. The predicted molar refractivity (Wildman–Crippen MR) is 66.0 cm³/mol. The van der Waals surface area contributed by atoms with Crippen LogP contribution in [0.2, 0.25) is 5.02 Å². The van der Waals surface area contributed by atoms with Gasteiger partial charge in [-0.05, 0) is 31.2 Å². The van der Waals surface area contributed by atoms with Crippen LogP contribution in [0.25, 0.3) is 11.3 Å². The molecule has 0 atom stereocenters. The summed E-state index contributed by atoms with van der Waals surface area (Å²) in [6.07, 6.45) is 0. The number of aryl methyl sites for hydroxylation is 1. The van der Waals surface area contributed by atoms with Gasteiger partial charge in [-0.25, -0.2) is 0 Å². The fraction of sp³-hybridized carbons (Fsp3) is 0.167. The summed E-state index contributed by atoms with van der Waals surface area (Å²) in [5.74, 6) is -0.0876. The summed E-state index contributed by atoms with van der Waals surface area (Å²) in [5.41, 5.74) is 3.52. The van der Waals surface area contributed by atoms with Crippen molar-refractivity contribution in [3.05, 3.63) is 35.0 Å². The number of aromatic nitrogens is 2. The summed E-state index contributed by atoms with van der Waals surface area (Å²) in [5, 5.41) is 7.74. The molecule has 0 saturated heterocycles. The van der Waals surface area contributed by atoms with E-state index >= 15 is 0 Å². The van der Waals surface area contributed by atoms with Crippen LogP contribution in [-0.2, 0) is 11.3 Å². The molecule has 5 heteroatoms. The molecular weight excluding hydrogens is 238 g/mol. The highest BCUT2D eigenvalue weighted by Gasteiger charge is 2.19. The molecule has 1 aliphatic heterocycles. The summed E-state index contributed by atoms with van der Waals surface area (Å²) in [7, 11) is 0. The molecule has 0 radical (unpaired) electrons. The second-order valence-corrected chi connectivity index (χ2v) is 4.50. The van der Waals surface area contributed by atoms with Gasteiger partial charge in [0.25, 0.3) is 0 Å². The Balaban J connectivity index is 2.28. The number of rotatable bonds is 0. The zero-order chi connectivity index (χ0) is 12.0. The Labute approximate surface area is 103 Å². The second kappa shape index (κ2) is 3.60. The molecular formula is C12H10ClN3O. The zero-order valence-corrected chi connectivity index (χ0v) is 9.95. The Bertz CT molecular complexity index is 618. The minimum atomic E-state index is -0.0876. The number of amides is 1. The predicted octanol–water partition coefficient (Wildman–Crippen LogP) is 2.46. The van der Waals surface area contributed by atoms with Crippen LogP contribution in [0.3, 0.4) is 0 Å². The first-order chi connectivity index (χ1) is 8.13. The third-order valence-electron chi connectivity index (χ3n) is 2.73. The van der Waals surface area contributed by atoms with E-state index in [1.165, 1.54) is 0 Å². The number of hydrogen-bond donors (Lipinski definition) is 1. The highest BCUT2D eigenvalue weighted by Crippen LogP contribution is 2.32. The number of benzene rings is 1. The van der Waals surface area contributed by atoms with Crippen molar-refractivity contribution in [3.63, 3.8) is 0 Å². The van der Waals surface area contributed by atoms with Crippen LogP contribution < -0.4 is 5.32 Å². The first-order valence-corrected chi connectivity index (χ1v) is 5.65. The van der Waals surface area contributed by atoms with E-state index in [1.54, 1.807) is 10.7 Å². The highest BCUT2D eigenvalue weighted by molar-refractivity contribution is 6.31. The highest BCUT2D eigenvalue weighted by atomic mass is 35.5. The first kappa shape index (κ1) is 10.4. The van der Waals surface area contributed by atoms with Crippen LogP contribution in [0, 0.1) is 6.92 Å². The van der Waals surface area contributed by atoms with Crippen molar-refractivity contribution in [2.24, 2.45) is 0 Å². The van der Waals surface area contributed by atoms with Gasteiger partial charge in [0, 0.05) is 10.6 Å². The standard InChI is InChI=1S/C12H10ClN3O/c1-7-4-11-9-3-2-8(13)5-10(9)14-12(17)6-16(11)15-7/h2-5H,6H2,1H3,(H,14,17). The van der Waals surface area contributed by atoms with E-state index in [2.05, 4.69) is 10.4 Å². The van der Waals surface area contributed by atoms with Crippen molar-refractivity contribution >= 4 is 23.2 Å². The molecule has 2 heterocycles. The Morgan fingerprint density at radius 1 is 1.41 bits per heavy atom. The lowest BCUT2D eigenvalue weighted by Gasteiger charge is -2.06. The van der Waals surface area contributed by atoms with Gasteiger partial charge in [-0.2, -0.15) is 5.10 Å². The van der Waals surface area contributed by atoms with E-state index in [1.807, 2.05) is 25.1 Å². The number of carbonyl (C=O) groups excluding carboxylic acids is 1. The maximum atomic E-state index is 11.7. The van der Waals surface area contributed by atoms with E-state index in [0.717, 1.165) is 22.6 Å². The van der Waals surface area contributed by atoms with Crippen LogP contribution >= 0.6 is 11.6 Å². The Hall–Kier alpha value is -1.81. The number of nitrogens with one attached hydrogen (secondary N) is 1. The molecule has 17 heavy (non-hydrogen) atoms. The second-order valence-electron chi connectivity index (χ2n) is 4.07. The van der Waals surface area contributed by atoms with Gasteiger partial charge in [0.2, 0.25) is 5.91 Å². The van der Waals surface area contributed by atoms with Gasteiger partial charge >= 0.3 is 0 Å². The van der Waals surface area contributed by atoms with Gasteiger partial charge in [0.05, 0.1) is 17.1 Å². The van der Waals surface area contributed by atoms with E-state index in [0.29, 0.717) is 5.02 Å². The minimum Gasteiger partial charge on any atom is -0.324 e. The summed E-state index contributed by atoms with van der Waals surface area (Å²) in [6.45, 7) is 2.14. The minimum absolute atomic E-state index is 0.0876. The molecule has 1 aliphatic rings. The van der Waals surface area contributed by atoms with Gasteiger partial charge in [0.15, 0.2) is 0 Å². The van der Waals surface area contributed by atoms with E-state index in [9.17, 15) is 4.79 Å². The molecule has 4 nitrogen and oxygen atoms in total. The lowest BCUT2D eigenvalue weighted by atomic mass is 10.1. The number of fused-ring (bicyclic) bond motifs is 3. The first-order valence-electron chi connectivity index (χ1n) is 5.28. The molecule has 1 aromatic carbocycles. The van der Waals surface area contributed by atoms with E-state index < -0.39 is 0 Å². The molecule has 0 saturated carbocycles. The van der Waals surface area contributed by atoms with E-state index in [4.69, 9.17) is 11.6 Å². The van der Waals surface area contributed by atoms with Crippen LogP contribution in [0.4, 0.5) is 5.69 Å². The van der Waals surface area contributed by atoms with Crippen molar-refractivity contribution in [1.29, 1.82) is 0 Å². The smallest absolute Gasteiger partial charge is 0.246 e. The third kappa shape index (κ3) is 1.70. The van der Waals surface area contributed by atoms with Gasteiger partial charge in [-0.3, -0.25) is 9.48 Å². The van der Waals surface area contributed by atoms with Crippen LogP contribution in [0.5, 0.6) is 0 Å². The summed E-state index contributed by atoms with van der Waals surface area (Å²) >= 11 is 5.94. The summed E-state index contributed by atoms with van der Waals surface area (Å²) in [4.78, 5) is 11.7. The van der Waals surface area contributed by atoms with Crippen molar-refractivity contribution in [1.82, 2.24) is 9.78 Å². The summed E-state index contributed by atoms with van der Waals surface area (Å²) in [6, 6.07) is 7.43. The van der Waals surface area contributed by atoms with Crippen LogP contribution in [0.15, 0.2) is 24.3 Å². The monoisotopic (exact) mass is 247 g/mol. The molecule has 0 unspecified atom stereocenters. The molecule has 86 valence electrons. The van der Waals surface area contributed by atoms with Crippen molar-refractivity contribution in [2.45, 2.75) is 13.5 Å². The summed E-state index contributed by atoms with van der Waals surface area (Å²) < 4.78 is 1.71. The Kier molecular flexibility index (Phi) is 2.19. The number of halogens is 1. The van der Waals surface area contributed by atoms with Crippen LogP contribution in [-0.4, -0.2) is 15.7 Å². The topological polar surface area (TPSA) is 46.9 Å². The van der Waals surface area contributed by atoms with E-state index in [-0.39, 0.29) is 12.5 Å². The molecule has 0 fully saturated rings. The molecule has 0 aliphatic carbocycles. The molecule has 0 spiro atoms. The average molecular weight is 248 g/mol. The fourth-order valence-electron chi connectivity index (χ4n) is 2.05. The van der Waals surface area contributed by atoms with Crippen molar-refractivity contribution < 1.29 is 4.79 Å². The quantitative estimate of drug-likeness (QED) is 0.777. The number of hydrogen-bond acceptors (Lipinski definition) is 2. The lowest BCUT2D eigenvalue weighted by Crippen LogP contribution is -2.17. The maximum absolute atomic E-state index is 11.7. The van der Waals surface area contributed by atoms with Gasteiger partial charge in [-0.1, -0.05) is 11.6 Å². The van der Waals surface area contributed by atoms with Crippen molar-refractivity contribution in [2.75, 3.05) is 5.32 Å². The number of anilines is 1. The van der Waals surface area contributed by atoms with Gasteiger partial charge in [0.1, 0.15) is 6.54 Å². The molecule has 2 aromatic rings. The molecule has 1 N–H and O–H groups in total. The largest absolute Gasteiger partial charge is 0.324 e. The van der Waals surface area contributed by atoms with Crippen LogP contribution in [0.1, 0.15) is 5.69 Å².